The van der Waals surface area contributed by atoms with E-state index >= 15 is 0 Å². The number of imidazole rings is 1. The summed E-state index contributed by atoms with van der Waals surface area (Å²) in [6.45, 7) is 5.89. The van der Waals surface area contributed by atoms with Crippen LogP contribution in [-0.4, -0.2) is 33.9 Å². The van der Waals surface area contributed by atoms with E-state index in [2.05, 4.69) is 44.5 Å². The van der Waals surface area contributed by atoms with Gasteiger partial charge in [0, 0.05) is 18.9 Å². The van der Waals surface area contributed by atoms with Crippen LogP contribution in [0.3, 0.4) is 0 Å². The topological polar surface area (TPSA) is 20.5 Å². The predicted octanol–water partition coefficient (Wildman–Crippen LogP) is 2.98. The van der Waals surface area contributed by atoms with Gasteiger partial charge >= 0.3 is 0 Å². The van der Waals surface area contributed by atoms with Crippen molar-refractivity contribution in [3.63, 3.8) is 0 Å². The summed E-state index contributed by atoms with van der Waals surface area (Å²) in [5.41, 5.74) is 2.24. The van der Waals surface area contributed by atoms with Gasteiger partial charge in [0.25, 0.3) is 0 Å². The molecule has 4 heteroatoms. The number of pyridine rings is 1. The van der Waals surface area contributed by atoms with E-state index in [0.29, 0.717) is 0 Å². The van der Waals surface area contributed by atoms with Gasteiger partial charge in [-0.25, -0.2) is 4.98 Å². The third-order valence-electron chi connectivity index (χ3n) is 3.80. The fourth-order valence-corrected chi connectivity index (χ4v) is 3.24. The minimum atomic E-state index is 0.772. The second kappa shape index (κ2) is 5.02. The highest BCUT2D eigenvalue weighted by Crippen LogP contribution is 2.22. The zero-order chi connectivity index (χ0) is 12.5. The molecule has 3 nitrogen and oxygen atoms in total. The van der Waals surface area contributed by atoms with Gasteiger partial charge in [0.2, 0.25) is 0 Å². The fourth-order valence-electron chi connectivity index (χ4n) is 2.79. The van der Waals surface area contributed by atoms with E-state index in [9.17, 15) is 0 Å². The number of rotatable bonds is 3. The predicted molar refractivity (Wildman–Crippen MR) is 76.8 cm³/mol. The van der Waals surface area contributed by atoms with Crippen molar-refractivity contribution < 1.29 is 0 Å². The van der Waals surface area contributed by atoms with Gasteiger partial charge in [0.05, 0.1) is 10.2 Å². The van der Waals surface area contributed by atoms with Gasteiger partial charge in [-0.15, -0.1) is 0 Å². The van der Waals surface area contributed by atoms with Crippen LogP contribution in [0.15, 0.2) is 29.0 Å². The molecule has 1 aliphatic rings. The van der Waals surface area contributed by atoms with Crippen LogP contribution in [0.1, 0.15) is 19.0 Å². The van der Waals surface area contributed by atoms with Crippen LogP contribution in [0, 0.1) is 5.92 Å². The number of hydrogen-bond acceptors (Lipinski definition) is 2. The molecule has 1 fully saturated rings. The van der Waals surface area contributed by atoms with Crippen molar-refractivity contribution in [2.45, 2.75) is 19.8 Å². The highest BCUT2D eigenvalue weighted by Gasteiger charge is 2.22. The maximum atomic E-state index is 4.72. The number of fused-ring (bicyclic) bond motifs is 1. The highest BCUT2D eigenvalue weighted by atomic mass is 79.9. The first-order valence-electron chi connectivity index (χ1n) is 6.60. The Kier molecular flexibility index (Phi) is 3.39. The van der Waals surface area contributed by atoms with Crippen LogP contribution in [0.5, 0.6) is 0 Å². The standard InChI is InChI=1S/C14H18BrN3/c1-2-17-7-5-11(9-17)8-12-10-18-6-3-4-13(15)14(18)16-12/h3-4,6,10-11H,2,5,7-9H2,1H3. The van der Waals surface area contributed by atoms with Crippen molar-refractivity contribution in [2.24, 2.45) is 5.92 Å². The molecule has 0 amide bonds. The third kappa shape index (κ3) is 2.31. The molecule has 1 aliphatic heterocycles. The lowest BCUT2D eigenvalue weighted by Gasteiger charge is -2.11. The van der Waals surface area contributed by atoms with Crippen molar-refractivity contribution in [1.29, 1.82) is 0 Å². The average Bonchev–Trinajstić information content (AvgIpc) is 2.96. The molecule has 1 unspecified atom stereocenters. The molecule has 0 aliphatic carbocycles. The number of aromatic nitrogens is 2. The monoisotopic (exact) mass is 307 g/mol. The molecule has 0 spiro atoms. The summed E-state index contributed by atoms with van der Waals surface area (Å²) in [6, 6.07) is 4.08. The lowest BCUT2D eigenvalue weighted by molar-refractivity contribution is 0.341. The molecule has 2 aromatic rings. The second-order valence-electron chi connectivity index (χ2n) is 5.07. The lowest BCUT2D eigenvalue weighted by Crippen LogP contribution is -2.20. The summed E-state index contributed by atoms with van der Waals surface area (Å²) in [4.78, 5) is 7.25. The molecule has 0 saturated carbocycles. The maximum Gasteiger partial charge on any atom is 0.151 e. The van der Waals surface area contributed by atoms with Crippen molar-refractivity contribution >= 4 is 21.6 Å². The fraction of sp³-hybridized carbons (Fsp3) is 0.500. The van der Waals surface area contributed by atoms with E-state index in [1.807, 2.05) is 12.1 Å². The molecule has 3 heterocycles. The van der Waals surface area contributed by atoms with Crippen molar-refractivity contribution in [3.8, 4) is 0 Å². The van der Waals surface area contributed by atoms with Gasteiger partial charge in [-0.2, -0.15) is 0 Å². The lowest BCUT2D eigenvalue weighted by atomic mass is 10.0. The molecule has 2 aromatic heterocycles. The zero-order valence-corrected chi connectivity index (χ0v) is 12.2. The Morgan fingerprint density at radius 2 is 2.39 bits per heavy atom. The highest BCUT2D eigenvalue weighted by molar-refractivity contribution is 9.10. The Labute approximate surface area is 116 Å². The van der Waals surface area contributed by atoms with Gasteiger partial charge in [-0.1, -0.05) is 6.92 Å². The Morgan fingerprint density at radius 1 is 1.50 bits per heavy atom. The molecule has 0 radical (unpaired) electrons. The minimum Gasteiger partial charge on any atom is -0.306 e. The van der Waals surface area contributed by atoms with E-state index in [-0.39, 0.29) is 0 Å². The van der Waals surface area contributed by atoms with Gasteiger partial charge in [0.1, 0.15) is 0 Å². The number of hydrogen-bond donors (Lipinski definition) is 0. The van der Waals surface area contributed by atoms with Crippen molar-refractivity contribution in [1.82, 2.24) is 14.3 Å². The second-order valence-corrected chi connectivity index (χ2v) is 5.93. The average molecular weight is 308 g/mol. The molecule has 96 valence electrons. The first-order chi connectivity index (χ1) is 8.76. The first-order valence-corrected chi connectivity index (χ1v) is 7.40. The zero-order valence-electron chi connectivity index (χ0n) is 10.6. The summed E-state index contributed by atoms with van der Waals surface area (Å²) >= 11 is 3.55. The Balaban J connectivity index is 1.77. The summed E-state index contributed by atoms with van der Waals surface area (Å²) in [5, 5.41) is 0. The summed E-state index contributed by atoms with van der Waals surface area (Å²) in [7, 11) is 0. The first kappa shape index (κ1) is 12.2. The Bertz CT molecular complexity index is 549. The third-order valence-corrected chi connectivity index (χ3v) is 4.42. The van der Waals surface area contributed by atoms with Gasteiger partial charge in [-0.05, 0) is 59.9 Å². The van der Waals surface area contributed by atoms with Crippen LogP contribution in [0.4, 0.5) is 0 Å². The molecule has 0 aromatic carbocycles. The van der Waals surface area contributed by atoms with Gasteiger partial charge < -0.3 is 9.30 Å². The molecule has 1 saturated heterocycles. The van der Waals surface area contributed by atoms with E-state index in [1.165, 1.54) is 31.7 Å². The van der Waals surface area contributed by atoms with Crippen LogP contribution >= 0.6 is 15.9 Å². The van der Waals surface area contributed by atoms with Crippen LogP contribution in [0.25, 0.3) is 5.65 Å². The maximum absolute atomic E-state index is 4.72. The van der Waals surface area contributed by atoms with Crippen molar-refractivity contribution in [2.75, 3.05) is 19.6 Å². The largest absolute Gasteiger partial charge is 0.306 e. The summed E-state index contributed by atoms with van der Waals surface area (Å²) in [5.74, 6) is 0.772. The minimum absolute atomic E-state index is 0.772. The molecule has 0 N–H and O–H groups in total. The van der Waals surface area contributed by atoms with E-state index in [1.54, 1.807) is 0 Å². The van der Waals surface area contributed by atoms with E-state index in [4.69, 9.17) is 4.98 Å². The number of nitrogens with zero attached hydrogens (tertiary/aromatic N) is 3. The van der Waals surface area contributed by atoms with Crippen LogP contribution < -0.4 is 0 Å². The molecule has 0 bridgehead atoms. The molecular weight excluding hydrogens is 290 g/mol. The van der Waals surface area contributed by atoms with E-state index in [0.717, 1.165) is 22.5 Å². The number of likely N-dealkylation sites (tertiary alicyclic amines) is 1. The smallest absolute Gasteiger partial charge is 0.151 e. The molecule has 1 atom stereocenters. The van der Waals surface area contributed by atoms with Crippen molar-refractivity contribution in [3.05, 3.63) is 34.7 Å². The SMILES string of the molecule is CCN1CCC(Cc2cn3cccc(Br)c3n2)C1. The molecular formula is C14H18BrN3. The molecule has 3 rings (SSSR count). The van der Waals surface area contributed by atoms with Crippen LogP contribution in [0.2, 0.25) is 0 Å². The summed E-state index contributed by atoms with van der Waals surface area (Å²) in [6.07, 6.45) is 6.63. The quantitative estimate of drug-likeness (QED) is 0.869. The number of halogens is 1. The van der Waals surface area contributed by atoms with Gasteiger partial charge in [-0.3, -0.25) is 0 Å². The van der Waals surface area contributed by atoms with Crippen LogP contribution in [-0.2, 0) is 6.42 Å². The Morgan fingerprint density at radius 3 is 3.11 bits per heavy atom. The molecule has 18 heavy (non-hydrogen) atoms. The Hall–Kier alpha value is -0.870. The van der Waals surface area contributed by atoms with E-state index < -0.39 is 0 Å². The van der Waals surface area contributed by atoms with Gasteiger partial charge in [0.15, 0.2) is 5.65 Å². The summed E-state index contributed by atoms with van der Waals surface area (Å²) < 4.78 is 3.17. The normalized spacial score (nSPS) is 20.9.